The fourth-order valence-corrected chi connectivity index (χ4v) is 3.53. The molecule has 1 saturated carbocycles. The number of benzene rings is 1. The number of nitrogens with zero attached hydrogens (tertiary/aromatic N) is 2. The van der Waals surface area contributed by atoms with E-state index in [1.807, 2.05) is 28.9 Å². The molecular formula is C20H27N3O3. The Morgan fingerprint density at radius 2 is 1.92 bits per heavy atom. The van der Waals surface area contributed by atoms with E-state index in [4.69, 9.17) is 9.47 Å². The number of amides is 1. The van der Waals surface area contributed by atoms with E-state index >= 15 is 0 Å². The van der Waals surface area contributed by atoms with Crippen molar-refractivity contribution in [3.63, 3.8) is 0 Å². The summed E-state index contributed by atoms with van der Waals surface area (Å²) in [5.74, 6) is 2.17. The second kappa shape index (κ2) is 8.74. The number of hydrogen-bond acceptors (Lipinski definition) is 4. The van der Waals surface area contributed by atoms with Gasteiger partial charge in [-0.15, -0.1) is 0 Å². The van der Waals surface area contributed by atoms with Gasteiger partial charge in [0.05, 0.1) is 26.5 Å². The standard InChI is InChI=1S/C20H27N3O3/c1-25-17-10-8-15(14-18(17)26-2)9-11-20(24)22-19-12-13-21-23(19)16-6-4-3-5-7-16/h8,10,12-14,16H,3-7,9,11H2,1-2H3,(H,22,24). The van der Waals surface area contributed by atoms with Gasteiger partial charge in [-0.1, -0.05) is 25.3 Å². The van der Waals surface area contributed by atoms with Crippen molar-refractivity contribution in [3.05, 3.63) is 36.0 Å². The molecule has 0 spiro atoms. The first-order valence-corrected chi connectivity index (χ1v) is 9.25. The molecule has 1 N–H and O–H groups in total. The second-order valence-corrected chi connectivity index (χ2v) is 6.69. The SMILES string of the molecule is COc1ccc(CCC(=O)Nc2ccnn2C2CCCCC2)cc1OC. The number of methoxy groups -OCH3 is 2. The van der Waals surface area contributed by atoms with E-state index in [1.165, 1.54) is 19.3 Å². The van der Waals surface area contributed by atoms with Gasteiger partial charge in [0.15, 0.2) is 11.5 Å². The van der Waals surface area contributed by atoms with Crippen LogP contribution in [-0.2, 0) is 11.2 Å². The van der Waals surface area contributed by atoms with Gasteiger partial charge in [0, 0.05) is 12.5 Å². The summed E-state index contributed by atoms with van der Waals surface area (Å²) in [6, 6.07) is 8.02. The van der Waals surface area contributed by atoms with Gasteiger partial charge in [-0.25, -0.2) is 4.68 Å². The molecular weight excluding hydrogens is 330 g/mol. The lowest BCUT2D eigenvalue weighted by atomic mass is 9.96. The molecule has 1 aliphatic rings. The lowest BCUT2D eigenvalue weighted by Gasteiger charge is -2.23. The number of carbonyl (C=O) groups is 1. The minimum Gasteiger partial charge on any atom is -0.493 e. The molecule has 1 aromatic heterocycles. The highest BCUT2D eigenvalue weighted by Crippen LogP contribution is 2.30. The van der Waals surface area contributed by atoms with Crippen LogP contribution in [0.1, 0.15) is 50.1 Å². The Balaban J connectivity index is 1.57. The summed E-state index contributed by atoms with van der Waals surface area (Å²) in [6.07, 6.45) is 8.85. The number of hydrogen-bond donors (Lipinski definition) is 1. The predicted molar refractivity (Wildman–Crippen MR) is 101 cm³/mol. The van der Waals surface area contributed by atoms with Crippen molar-refractivity contribution < 1.29 is 14.3 Å². The van der Waals surface area contributed by atoms with Crippen LogP contribution in [0.25, 0.3) is 0 Å². The molecule has 140 valence electrons. The Morgan fingerprint density at radius 3 is 2.65 bits per heavy atom. The van der Waals surface area contributed by atoms with Gasteiger partial charge >= 0.3 is 0 Å². The number of anilines is 1. The summed E-state index contributed by atoms with van der Waals surface area (Å²) >= 11 is 0. The molecule has 0 atom stereocenters. The summed E-state index contributed by atoms with van der Waals surface area (Å²) in [6.45, 7) is 0. The number of nitrogens with one attached hydrogen (secondary N) is 1. The monoisotopic (exact) mass is 357 g/mol. The third-order valence-corrected chi connectivity index (χ3v) is 4.95. The summed E-state index contributed by atoms with van der Waals surface area (Å²) in [5, 5.41) is 7.44. The number of rotatable bonds is 7. The van der Waals surface area contributed by atoms with Gasteiger partial charge in [-0.05, 0) is 37.0 Å². The molecule has 0 aliphatic heterocycles. The molecule has 1 fully saturated rings. The Bertz CT molecular complexity index is 736. The van der Waals surface area contributed by atoms with Gasteiger partial charge in [-0.3, -0.25) is 4.79 Å². The van der Waals surface area contributed by atoms with E-state index in [9.17, 15) is 4.79 Å². The molecule has 26 heavy (non-hydrogen) atoms. The average Bonchev–Trinajstić information content (AvgIpc) is 3.14. The Morgan fingerprint density at radius 1 is 1.15 bits per heavy atom. The molecule has 1 aliphatic carbocycles. The fraction of sp³-hybridized carbons (Fsp3) is 0.500. The molecule has 0 bridgehead atoms. The van der Waals surface area contributed by atoms with E-state index < -0.39 is 0 Å². The van der Waals surface area contributed by atoms with E-state index in [0.717, 1.165) is 24.2 Å². The predicted octanol–water partition coefficient (Wildman–Crippen LogP) is 3.98. The van der Waals surface area contributed by atoms with E-state index in [2.05, 4.69) is 10.4 Å². The third kappa shape index (κ3) is 4.36. The normalized spacial score (nSPS) is 14.8. The number of aromatic nitrogens is 2. The summed E-state index contributed by atoms with van der Waals surface area (Å²) in [5.41, 5.74) is 1.04. The maximum Gasteiger partial charge on any atom is 0.225 e. The van der Waals surface area contributed by atoms with Crippen LogP contribution in [0.2, 0.25) is 0 Å². The van der Waals surface area contributed by atoms with Crippen LogP contribution >= 0.6 is 0 Å². The van der Waals surface area contributed by atoms with Crippen molar-refractivity contribution in [3.8, 4) is 11.5 Å². The molecule has 1 aromatic carbocycles. The Labute approximate surface area is 154 Å². The van der Waals surface area contributed by atoms with Gasteiger partial charge in [0.25, 0.3) is 0 Å². The summed E-state index contributed by atoms with van der Waals surface area (Å²) < 4.78 is 12.5. The number of ether oxygens (including phenoxy) is 2. The zero-order chi connectivity index (χ0) is 18.4. The molecule has 2 aromatic rings. The number of carbonyl (C=O) groups excluding carboxylic acids is 1. The minimum atomic E-state index is -0.00246. The maximum absolute atomic E-state index is 12.4. The van der Waals surface area contributed by atoms with Crippen molar-refractivity contribution >= 4 is 11.7 Å². The fourth-order valence-electron chi connectivity index (χ4n) is 3.53. The van der Waals surface area contributed by atoms with E-state index in [0.29, 0.717) is 30.4 Å². The van der Waals surface area contributed by atoms with Crippen LogP contribution < -0.4 is 14.8 Å². The van der Waals surface area contributed by atoms with Gasteiger partial charge in [-0.2, -0.15) is 5.10 Å². The third-order valence-electron chi connectivity index (χ3n) is 4.95. The zero-order valence-corrected chi connectivity index (χ0v) is 15.5. The molecule has 3 rings (SSSR count). The Hall–Kier alpha value is -2.50. The van der Waals surface area contributed by atoms with Gasteiger partial charge < -0.3 is 14.8 Å². The largest absolute Gasteiger partial charge is 0.493 e. The van der Waals surface area contributed by atoms with Crippen LogP contribution in [-0.4, -0.2) is 29.9 Å². The van der Waals surface area contributed by atoms with E-state index in [1.54, 1.807) is 20.4 Å². The zero-order valence-electron chi connectivity index (χ0n) is 15.5. The van der Waals surface area contributed by atoms with Crippen molar-refractivity contribution in [2.24, 2.45) is 0 Å². The lowest BCUT2D eigenvalue weighted by molar-refractivity contribution is -0.116. The van der Waals surface area contributed by atoms with Crippen LogP contribution in [0.15, 0.2) is 30.5 Å². The van der Waals surface area contributed by atoms with E-state index in [-0.39, 0.29) is 5.91 Å². The first kappa shape index (κ1) is 18.3. The topological polar surface area (TPSA) is 65.4 Å². The highest BCUT2D eigenvalue weighted by atomic mass is 16.5. The Kier molecular flexibility index (Phi) is 6.15. The molecule has 6 nitrogen and oxygen atoms in total. The van der Waals surface area contributed by atoms with Crippen molar-refractivity contribution in [2.45, 2.75) is 51.0 Å². The van der Waals surface area contributed by atoms with Crippen LogP contribution in [0.3, 0.4) is 0 Å². The van der Waals surface area contributed by atoms with Gasteiger partial charge in [0.2, 0.25) is 5.91 Å². The average molecular weight is 357 g/mol. The molecule has 0 saturated heterocycles. The van der Waals surface area contributed by atoms with Crippen LogP contribution in [0.5, 0.6) is 11.5 Å². The quantitative estimate of drug-likeness (QED) is 0.814. The van der Waals surface area contributed by atoms with Crippen LogP contribution in [0.4, 0.5) is 5.82 Å². The first-order chi connectivity index (χ1) is 12.7. The number of aryl methyl sites for hydroxylation is 1. The second-order valence-electron chi connectivity index (χ2n) is 6.69. The first-order valence-electron chi connectivity index (χ1n) is 9.25. The molecule has 0 unspecified atom stereocenters. The van der Waals surface area contributed by atoms with Crippen molar-refractivity contribution in [1.29, 1.82) is 0 Å². The highest BCUT2D eigenvalue weighted by molar-refractivity contribution is 5.90. The maximum atomic E-state index is 12.4. The molecule has 1 heterocycles. The van der Waals surface area contributed by atoms with Crippen molar-refractivity contribution in [2.75, 3.05) is 19.5 Å². The summed E-state index contributed by atoms with van der Waals surface area (Å²) in [7, 11) is 3.22. The van der Waals surface area contributed by atoms with Crippen molar-refractivity contribution in [1.82, 2.24) is 9.78 Å². The summed E-state index contributed by atoms with van der Waals surface area (Å²) in [4.78, 5) is 12.4. The molecule has 1 amide bonds. The molecule has 6 heteroatoms. The molecule has 0 radical (unpaired) electrons. The minimum absolute atomic E-state index is 0.00246. The van der Waals surface area contributed by atoms with Crippen LogP contribution in [0, 0.1) is 0 Å². The lowest BCUT2D eigenvalue weighted by Crippen LogP contribution is -2.20. The highest BCUT2D eigenvalue weighted by Gasteiger charge is 2.19. The smallest absolute Gasteiger partial charge is 0.225 e. The van der Waals surface area contributed by atoms with Gasteiger partial charge in [0.1, 0.15) is 5.82 Å².